The van der Waals surface area contributed by atoms with Gasteiger partial charge in [0.2, 0.25) is 0 Å². The van der Waals surface area contributed by atoms with Crippen LogP contribution in [0.3, 0.4) is 0 Å². The number of carbonyl (C=O) groups is 1. The van der Waals surface area contributed by atoms with Crippen molar-refractivity contribution in [2.24, 2.45) is 0 Å². The van der Waals surface area contributed by atoms with E-state index in [-0.39, 0.29) is 5.56 Å². The Kier molecular flexibility index (Phi) is 6.85. The van der Waals surface area contributed by atoms with E-state index in [0.29, 0.717) is 35.9 Å². The van der Waals surface area contributed by atoms with E-state index in [9.17, 15) is 9.90 Å². The predicted octanol–water partition coefficient (Wildman–Crippen LogP) is 5.03. The molecule has 0 fully saturated rings. The second-order valence-corrected chi connectivity index (χ2v) is 6.69. The average molecular weight is 391 g/mol. The average Bonchev–Trinajstić information content (AvgIpc) is 2.76. The first-order valence-corrected chi connectivity index (χ1v) is 9.70. The summed E-state index contributed by atoms with van der Waals surface area (Å²) in [6, 6.07) is 18.9. The van der Waals surface area contributed by atoms with Crippen LogP contribution in [-0.4, -0.2) is 29.8 Å². The second-order valence-electron chi connectivity index (χ2n) is 6.69. The number of benzene rings is 2. The maximum absolute atomic E-state index is 11.7. The molecule has 3 rings (SSSR count). The molecule has 0 atom stereocenters. The van der Waals surface area contributed by atoms with Gasteiger partial charge in [0.1, 0.15) is 11.5 Å². The number of aromatic carboxylic acids is 1. The molecule has 150 valence electrons. The van der Waals surface area contributed by atoms with E-state index in [4.69, 9.17) is 14.5 Å². The lowest BCUT2D eigenvalue weighted by molar-refractivity contribution is 0.0695. The highest BCUT2D eigenvalue weighted by Crippen LogP contribution is 2.33. The van der Waals surface area contributed by atoms with Gasteiger partial charge in [0, 0.05) is 5.56 Å². The van der Waals surface area contributed by atoms with Gasteiger partial charge in [-0.15, -0.1) is 0 Å². The highest BCUT2D eigenvalue weighted by atomic mass is 16.5. The zero-order valence-electron chi connectivity index (χ0n) is 16.7. The zero-order chi connectivity index (χ0) is 20.6. The van der Waals surface area contributed by atoms with Crippen molar-refractivity contribution in [2.45, 2.75) is 26.2 Å². The van der Waals surface area contributed by atoms with E-state index >= 15 is 0 Å². The van der Waals surface area contributed by atoms with Gasteiger partial charge in [-0.25, -0.2) is 4.79 Å². The fourth-order valence-corrected chi connectivity index (χ4v) is 3.12. The molecule has 0 aliphatic carbocycles. The van der Waals surface area contributed by atoms with E-state index in [1.54, 1.807) is 19.2 Å². The van der Waals surface area contributed by atoms with Gasteiger partial charge in [-0.05, 0) is 55.2 Å². The number of hydrogen-bond donors (Lipinski definition) is 1. The fraction of sp³-hybridized carbons (Fsp3) is 0.250. The van der Waals surface area contributed by atoms with Crippen molar-refractivity contribution in [1.29, 1.82) is 0 Å². The summed E-state index contributed by atoms with van der Waals surface area (Å²) in [5.74, 6) is 0.427. The molecule has 3 aromatic rings. The van der Waals surface area contributed by atoms with Crippen molar-refractivity contribution in [3.8, 4) is 22.8 Å². The van der Waals surface area contributed by atoms with Gasteiger partial charge >= 0.3 is 5.97 Å². The van der Waals surface area contributed by atoms with Gasteiger partial charge in [0.25, 0.3) is 0 Å². The molecular weight excluding hydrogens is 366 g/mol. The third-order valence-electron chi connectivity index (χ3n) is 4.62. The number of hydrogen-bond acceptors (Lipinski definition) is 4. The topological polar surface area (TPSA) is 68.7 Å². The van der Waals surface area contributed by atoms with Crippen molar-refractivity contribution < 1.29 is 19.4 Å². The number of ether oxygens (including phenoxy) is 2. The van der Waals surface area contributed by atoms with E-state index in [1.807, 2.05) is 55.5 Å². The van der Waals surface area contributed by atoms with Gasteiger partial charge in [0.05, 0.1) is 30.7 Å². The molecule has 0 radical (unpaired) electrons. The van der Waals surface area contributed by atoms with Crippen LogP contribution in [0.5, 0.6) is 11.5 Å². The second kappa shape index (κ2) is 9.73. The quantitative estimate of drug-likeness (QED) is 0.554. The molecule has 1 heterocycles. The smallest absolute Gasteiger partial charge is 0.337 e. The number of carboxylic acids is 1. The van der Waals surface area contributed by atoms with Crippen LogP contribution < -0.4 is 9.47 Å². The summed E-state index contributed by atoms with van der Waals surface area (Å²) in [7, 11) is 1.61. The Hall–Kier alpha value is -3.34. The Labute approximate surface area is 171 Å². The van der Waals surface area contributed by atoms with Crippen molar-refractivity contribution in [2.75, 3.05) is 13.7 Å². The molecule has 0 aliphatic heterocycles. The summed E-state index contributed by atoms with van der Waals surface area (Å²) in [6.45, 7) is 2.64. The highest BCUT2D eigenvalue weighted by Gasteiger charge is 2.16. The van der Waals surface area contributed by atoms with Crippen LogP contribution in [0.15, 0.2) is 60.7 Å². The summed E-state index contributed by atoms with van der Waals surface area (Å²) >= 11 is 0. The number of nitrogens with zero attached hydrogens (tertiary/aromatic N) is 1. The first-order chi connectivity index (χ1) is 14.1. The lowest BCUT2D eigenvalue weighted by Crippen LogP contribution is -2.07. The zero-order valence-corrected chi connectivity index (χ0v) is 16.7. The molecule has 0 amide bonds. The van der Waals surface area contributed by atoms with Crippen LogP contribution in [-0.2, 0) is 12.8 Å². The van der Waals surface area contributed by atoms with Crippen molar-refractivity contribution in [1.82, 2.24) is 4.98 Å². The van der Waals surface area contributed by atoms with Crippen LogP contribution in [0.1, 0.15) is 35.0 Å². The lowest BCUT2D eigenvalue weighted by Gasteiger charge is -2.14. The molecule has 1 N–H and O–H groups in total. The number of carboxylic acid groups (broad SMARTS) is 1. The monoisotopic (exact) mass is 391 g/mol. The van der Waals surface area contributed by atoms with Gasteiger partial charge in [0.15, 0.2) is 0 Å². The fourth-order valence-electron chi connectivity index (χ4n) is 3.12. The Morgan fingerprint density at radius 2 is 1.83 bits per heavy atom. The van der Waals surface area contributed by atoms with Crippen LogP contribution in [0.25, 0.3) is 11.3 Å². The number of aromatic nitrogens is 1. The van der Waals surface area contributed by atoms with Gasteiger partial charge in [-0.2, -0.15) is 0 Å². The van der Waals surface area contributed by atoms with Crippen LogP contribution in [0, 0.1) is 0 Å². The standard InChI is InChI=1S/C24H25NO4/c1-3-15-29-23-14-10-18(28-2)16-20(23)22-13-11-19(24(26)27)21(25-22)12-9-17-7-5-4-6-8-17/h4-8,10-11,13-14,16H,3,9,12,15H2,1-2H3,(H,26,27). The lowest BCUT2D eigenvalue weighted by atomic mass is 10.0. The Balaban J connectivity index is 1.98. The minimum atomic E-state index is -0.972. The molecule has 1 aromatic heterocycles. The largest absolute Gasteiger partial charge is 0.497 e. The first kappa shape index (κ1) is 20.4. The molecule has 0 saturated heterocycles. The summed E-state index contributed by atoms with van der Waals surface area (Å²) in [5.41, 5.74) is 3.38. The van der Waals surface area contributed by atoms with Crippen molar-refractivity contribution in [3.05, 3.63) is 77.5 Å². The summed E-state index contributed by atoms with van der Waals surface area (Å²) < 4.78 is 11.2. The van der Waals surface area contributed by atoms with E-state index in [1.165, 1.54) is 0 Å². The predicted molar refractivity (Wildman–Crippen MR) is 113 cm³/mol. The third kappa shape index (κ3) is 5.13. The van der Waals surface area contributed by atoms with Gasteiger partial charge < -0.3 is 14.6 Å². The van der Waals surface area contributed by atoms with E-state index in [0.717, 1.165) is 24.0 Å². The summed E-state index contributed by atoms with van der Waals surface area (Å²) in [4.78, 5) is 16.4. The Morgan fingerprint density at radius 1 is 1.03 bits per heavy atom. The number of aryl methyl sites for hydroxylation is 2. The minimum Gasteiger partial charge on any atom is -0.497 e. The molecule has 5 nitrogen and oxygen atoms in total. The number of rotatable bonds is 9. The highest BCUT2D eigenvalue weighted by molar-refractivity contribution is 5.89. The van der Waals surface area contributed by atoms with E-state index in [2.05, 4.69) is 0 Å². The summed E-state index contributed by atoms with van der Waals surface area (Å²) in [6.07, 6.45) is 2.14. The first-order valence-electron chi connectivity index (χ1n) is 9.70. The SMILES string of the molecule is CCCOc1ccc(OC)cc1-c1ccc(C(=O)O)c(CCc2ccccc2)n1. The van der Waals surface area contributed by atoms with Gasteiger partial charge in [-0.3, -0.25) is 4.98 Å². The van der Waals surface area contributed by atoms with Crippen LogP contribution >= 0.6 is 0 Å². The number of methoxy groups -OCH3 is 1. The normalized spacial score (nSPS) is 10.6. The molecule has 29 heavy (non-hydrogen) atoms. The van der Waals surface area contributed by atoms with Crippen LogP contribution in [0.4, 0.5) is 0 Å². The van der Waals surface area contributed by atoms with Gasteiger partial charge in [-0.1, -0.05) is 37.3 Å². The van der Waals surface area contributed by atoms with Crippen molar-refractivity contribution >= 4 is 5.97 Å². The molecule has 0 saturated carbocycles. The number of pyridine rings is 1. The molecule has 2 aromatic carbocycles. The summed E-state index contributed by atoms with van der Waals surface area (Å²) in [5, 5.41) is 9.59. The minimum absolute atomic E-state index is 0.226. The molecule has 0 unspecified atom stereocenters. The van der Waals surface area contributed by atoms with E-state index < -0.39 is 5.97 Å². The third-order valence-corrected chi connectivity index (χ3v) is 4.62. The molecule has 5 heteroatoms. The Morgan fingerprint density at radius 3 is 2.52 bits per heavy atom. The molecule has 0 aliphatic rings. The maximum atomic E-state index is 11.7. The molecule has 0 spiro atoms. The van der Waals surface area contributed by atoms with Crippen molar-refractivity contribution in [3.63, 3.8) is 0 Å². The molecular formula is C24H25NO4. The van der Waals surface area contributed by atoms with Crippen LogP contribution in [0.2, 0.25) is 0 Å². The Bertz CT molecular complexity index is 970. The maximum Gasteiger partial charge on any atom is 0.337 e. The molecule has 0 bridgehead atoms.